The molecule has 1 heterocycles. The molecule has 19 heavy (non-hydrogen) atoms. The summed E-state index contributed by atoms with van der Waals surface area (Å²) in [6.07, 6.45) is 0. The summed E-state index contributed by atoms with van der Waals surface area (Å²) >= 11 is 10.5. The van der Waals surface area contributed by atoms with Crippen LogP contribution in [0.15, 0.2) is 46.9 Å². The lowest BCUT2D eigenvalue weighted by molar-refractivity contribution is 0.108. The Hall–Kier alpha value is -1.23. The zero-order valence-corrected chi connectivity index (χ0v) is 12.7. The lowest BCUT2D eigenvalue weighted by Gasteiger charge is -1.95. The zero-order valence-electron chi connectivity index (χ0n) is 9.56. The van der Waals surface area contributed by atoms with Gasteiger partial charge in [-0.3, -0.25) is 4.79 Å². The van der Waals surface area contributed by atoms with E-state index >= 15 is 0 Å². The Morgan fingerprint density at radius 1 is 1.21 bits per heavy atom. The predicted molar refractivity (Wildman–Crippen MR) is 82.9 cm³/mol. The Morgan fingerprint density at radius 2 is 2.05 bits per heavy atom. The molecule has 2 aromatic carbocycles. The first kappa shape index (κ1) is 12.8. The van der Waals surface area contributed by atoms with Crippen molar-refractivity contribution in [1.29, 1.82) is 0 Å². The number of aromatic nitrogens is 1. The largest absolute Gasteiger partial charge is 0.276 e. The van der Waals surface area contributed by atoms with Gasteiger partial charge in [0, 0.05) is 15.6 Å². The SMILES string of the molecule is O=C(Cl)c1ccc2nc(-c3cccc(Br)c3)sc2c1. The van der Waals surface area contributed by atoms with Gasteiger partial charge in [0.2, 0.25) is 0 Å². The number of fused-ring (bicyclic) bond motifs is 1. The molecule has 0 aliphatic heterocycles. The molecule has 0 atom stereocenters. The molecular formula is C14H7BrClNOS. The summed E-state index contributed by atoms with van der Waals surface area (Å²) in [7, 11) is 0. The molecule has 0 N–H and O–H groups in total. The van der Waals surface area contributed by atoms with Gasteiger partial charge < -0.3 is 0 Å². The molecule has 0 unspecified atom stereocenters. The van der Waals surface area contributed by atoms with E-state index in [0.29, 0.717) is 5.56 Å². The van der Waals surface area contributed by atoms with Crippen molar-refractivity contribution in [1.82, 2.24) is 4.98 Å². The van der Waals surface area contributed by atoms with Crippen LogP contribution >= 0.6 is 38.9 Å². The fraction of sp³-hybridized carbons (Fsp3) is 0. The monoisotopic (exact) mass is 351 g/mol. The van der Waals surface area contributed by atoms with Gasteiger partial charge in [0.05, 0.1) is 10.2 Å². The maximum absolute atomic E-state index is 11.2. The topological polar surface area (TPSA) is 30.0 Å². The number of hydrogen-bond acceptors (Lipinski definition) is 3. The van der Waals surface area contributed by atoms with Crippen molar-refractivity contribution in [3.63, 3.8) is 0 Å². The van der Waals surface area contributed by atoms with Gasteiger partial charge in [-0.15, -0.1) is 11.3 Å². The van der Waals surface area contributed by atoms with Crippen LogP contribution < -0.4 is 0 Å². The number of carbonyl (C=O) groups is 1. The first-order valence-corrected chi connectivity index (χ1v) is 7.48. The normalized spacial score (nSPS) is 10.8. The molecule has 1 aromatic heterocycles. The highest BCUT2D eigenvalue weighted by Gasteiger charge is 2.09. The van der Waals surface area contributed by atoms with Crippen LogP contribution in [0, 0.1) is 0 Å². The fourth-order valence-corrected chi connectivity index (χ4v) is 3.31. The second kappa shape index (κ2) is 5.04. The summed E-state index contributed by atoms with van der Waals surface area (Å²) in [5, 5.41) is 0.481. The second-order valence-corrected chi connectivity index (χ2v) is 6.28. The molecule has 5 heteroatoms. The Kier molecular flexibility index (Phi) is 3.39. The Balaban J connectivity index is 2.14. The van der Waals surface area contributed by atoms with Crippen molar-refractivity contribution in [3.05, 3.63) is 52.5 Å². The molecule has 0 saturated heterocycles. The standard InChI is InChI=1S/C14H7BrClNOS/c15-10-3-1-2-9(6-10)14-17-11-5-4-8(13(16)18)7-12(11)19-14/h1-7H. The molecule has 2 nitrogen and oxygen atoms in total. The van der Waals surface area contributed by atoms with Crippen LogP contribution in [-0.4, -0.2) is 10.2 Å². The highest BCUT2D eigenvalue weighted by Crippen LogP contribution is 2.32. The van der Waals surface area contributed by atoms with E-state index in [1.807, 2.05) is 30.3 Å². The average Bonchev–Trinajstić information content (AvgIpc) is 2.81. The van der Waals surface area contributed by atoms with Gasteiger partial charge in [0.25, 0.3) is 5.24 Å². The molecule has 3 rings (SSSR count). The minimum absolute atomic E-state index is 0.445. The molecule has 0 amide bonds. The van der Waals surface area contributed by atoms with E-state index in [1.165, 1.54) is 0 Å². The van der Waals surface area contributed by atoms with E-state index in [2.05, 4.69) is 20.9 Å². The smallest absolute Gasteiger partial charge is 0.252 e. The Labute approximate surface area is 127 Å². The number of benzene rings is 2. The number of rotatable bonds is 2. The molecule has 3 aromatic rings. The molecule has 0 aliphatic carbocycles. The highest BCUT2D eigenvalue weighted by atomic mass is 79.9. The summed E-state index contributed by atoms with van der Waals surface area (Å²) < 4.78 is 1.97. The Morgan fingerprint density at radius 3 is 2.79 bits per heavy atom. The van der Waals surface area contributed by atoms with Crippen LogP contribution in [0.5, 0.6) is 0 Å². The summed E-state index contributed by atoms with van der Waals surface area (Å²) in [6.45, 7) is 0. The number of nitrogens with zero attached hydrogens (tertiary/aromatic N) is 1. The maximum Gasteiger partial charge on any atom is 0.252 e. The van der Waals surface area contributed by atoms with Gasteiger partial charge in [-0.2, -0.15) is 0 Å². The molecule has 0 radical (unpaired) electrons. The number of halogens is 2. The van der Waals surface area contributed by atoms with Gasteiger partial charge in [0.1, 0.15) is 5.01 Å². The number of carbonyl (C=O) groups excluding carboxylic acids is 1. The minimum Gasteiger partial charge on any atom is -0.276 e. The first-order valence-electron chi connectivity index (χ1n) is 5.50. The molecule has 0 saturated carbocycles. The summed E-state index contributed by atoms with van der Waals surface area (Å²) in [6, 6.07) is 13.3. The molecule has 94 valence electrons. The van der Waals surface area contributed by atoms with Crippen molar-refractivity contribution in [2.75, 3.05) is 0 Å². The van der Waals surface area contributed by atoms with Gasteiger partial charge in [-0.1, -0.05) is 28.1 Å². The molecule has 0 fully saturated rings. The lowest BCUT2D eigenvalue weighted by Crippen LogP contribution is -1.86. The minimum atomic E-state index is -0.445. The highest BCUT2D eigenvalue weighted by molar-refractivity contribution is 9.10. The van der Waals surface area contributed by atoms with Crippen LogP contribution in [-0.2, 0) is 0 Å². The second-order valence-electron chi connectivity index (χ2n) is 3.99. The zero-order chi connectivity index (χ0) is 13.4. The first-order chi connectivity index (χ1) is 9.13. The maximum atomic E-state index is 11.2. The van der Waals surface area contributed by atoms with Crippen molar-refractivity contribution < 1.29 is 4.79 Å². The van der Waals surface area contributed by atoms with Crippen molar-refractivity contribution in [2.24, 2.45) is 0 Å². The van der Waals surface area contributed by atoms with E-state index < -0.39 is 5.24 Å². The van der Waals surface area contributed by atoms with E-state index in [4.69, 9.17) is 11.6 Å². The van der Waals surface area contributed by atoms with E-state index in [0.717, 1.165) is 25.3 Å². The van der Waals surface area contributed by atoms with Gasteiger partial charge in [0.15, 0.2) is 0 Å². The predicted octanol–water partition coefficient (Wildman–Crippen LogP) is 5.10. The summed E-state index contributed by atoms with van der Waals surface area (Å²) in [5.74, 6) is 0. The quantitative estimate of drug-likeness (QED) is 0.600. The van der Waals surface area contributed by atoms with Gasteiger partial charge >= 0.3 is 0 Å². The molecule has 0 aliphatic rings. The number of hydrogen-bond donors (Lipinski definition) is 0. The van der Waals surface area contributed by atoms with Crippen LogP contribution in [0.3, 0.4) is 0 Å². The van der Waals surface area contributed by atoms with Crippen molar-refractivity contribution >= 4 is 54.3 Å². The number of thiazole rings is 1. The van der Waals surface area contributed by atoms with Gasteiger partial charge in [-0.25, -0.2) is 4.98 Å². The third kappa shape index (κ3) is 2.56. The molecule has 0 bridgehead atoms. The Bertz CT molecular complexity index is 784. The van der Waals surface area contributed by atoms with Crippen LogP contribution in [0.1, 0.15) is 10.4 Å². The average molecular weight is 353 g/mol. The third-order valence-corrected chi connectivity index (χ3v) is 4.47. The molecular weight excluding hydrogens is 346 g/mol. The van der Waals surface area contributed by atoms with Gasteiger partial charge in [-0.05, 0) is 41.9 Å². The van der Waals surface area contributed by atoms with Crippen molar-refractivity contribution in [2.45, 2.75) is 0 Å². The van der Waals surface area contributed by atoms with E-state index in [9.17, 15) is 4.79 Å². The van der Waals surface area contributed by atoms with Crippen LogP contribution in [0.25, 0.3) is 20.8 Å². The van der Waals surface area contributed by atoms with Crippen molar-refractivity contribution in [3.8, 4) is 10.6 Å². The lowest BCUT2D eigenvalue weighted by atomic mass is 10.2. The van der Waals surface area contributed by atoms with Crippen LogP contribution in [0.2, 0.25) is 0 Å². The summed E-state index contributed by atoms with van der Waals surface area (Å²) in [4.78, 5) is 15.7. The summed E-state index contributed by atoms with van der Waals surface area (Å²) in [5.41, 5.74) is 2.43. The van der Waals surface area contributed by atoms with E-state index in [-0.39, 0.29) is 0 Å². The van der Waals surface area contributed by atoms with Crippen LogP contribution in [0.4, 0.5) is 0 Å². The third-order valence-electron chi connectivity index (χ3n) is 2.69. The van der Waals surface area contributed by atoms with E-state index in [1.54, 1.807) is 23.5 Å². The fourth-order valence-electron chi connectivity index (χ4n) is 1.79. The molecule has 0 spiro atoms.